The standard InChI is InChI=1S/C19H19NO5S/c1-26(23,24)12-16-14-7-9-17(20-22)19(21)15(14)8-10-18(16)25-11-13-5-3-2-4-6-13/h2-6,8,10,22H,7,9,11-12H2,1H3/b20-17-. The maximum atomic E-state index is 12.4. The average molecular weight is 373 g/mol. The molecule has 0 saturated carbocycles. The lowest BCUT2D eigenvalue weighted by Gasteiger charge is -2.21. The predicted octanol–water partition coefficient (Wildman–Crippen LogP) is 2.77. The summed E-state index contributed by atoms with van der Waals surface area (Å²) < 4.78 is 29.7. The van der Waals surface area contributed by atoms with Crippen LogP contribution in [-0.4, -0.2) is 31.4 Å². The molecule has 0 aliphatic heterocycles. The Morgan fingerprint density at radius 1 is 1.12 bits per heavy atom. The normalized spacial score (nSPS) is 15.7. The fourth-order valence-electron chi connectivity index (χ4n) is 3.07. The zero-order chi connectivity index (χ0) is 18.7. The third-order valence-corrected chi connectivity index (χ3v) is 5.08. The Hall–Kier alpha value is -2.67. The van der Waals surface area contributed by atoms with Gasteiger partial charge in [0.2, 0.25) is 5.78 Å². The van der Waals surface area contributed by atoms with Gasteiger partial charge in [-0.1, -0.05) is 35.5 Å². The lowest BCUT2D eigenvalue weighted by molar-refractivity contribution is 0.105. The quantitative estimate of drug-likeness (QED) is 0.642. The summed E-state index contributed by atoms with van der Waals surface area (Å²) in [7, 11) is -3.32. The Morgan fingerprint density at radius 3 is 2.50 bits per heavy atom. The van der Waals surface area contributed by atoms with Gasteiger partial charge in [0.05, 0.1) is 5.75 Å². The zero-order valence-electron chi connectivity index (χ0n) is 14.3. The molecule has 0 radical (unpaired) electrons. The van der Waals surface area contributed by atoms with E-state index in [9.17, 15) is 13.2 Å². The highest BCUT2D eigenvalue weighted by molar-refractivity contribution is 7.89. The second kappa shape index (κ2) is 7.29. The van der Waals surface area contributed by atoms with Gasteiger partial charge < -0.3 is 9.94 Å². The maximum absolute atomic E-state index is 12.4. The van der Waals surface area contributed by atoms with E-state index in [1.807, 2.05) is 30.3 Å². The Bertz CT molecular complexity index is 965. The molecule has 0 aromatic heterocycles. The molecule has 3 rings (SSSR count). The highest BCUT2D eigenvalue weighted by atomic mass is 32.2. The number of oxime groups is 1. The number of fused-ring (bicyclic) bond motifs is 1. The van der Waals surface area contributed by atoms with Crippen LogP contribution < -0.4 is 4.74 Å². The van der Waals surface area contributed by atoms with Gasteiger partial charge in [-0.05, 0) is 29.7 Å². The highest BCUT2D eigenvalue weighted by Crippen LogP contribution is 2.32. The van der Waals surface area contributed by atoms with E-state index in [1.165, 1.54) is 0 Å². The largest absolute Gasteiger partial charge is 0.489 e. The van der Waals surface area contributed by atoms with E-state index in [4.69, 9.17) is 9.94 Å². The summed E-state index contributed by atoms with van der Waals surface area (Å²) >= 11 is 0. The summed E-state index contributed by atoms with van der Waals surface area (Å²) in [6.45, 7) is 0.299. The predicted molar refractivity (Wildman–Crippen MR) is 97.6 cm³/mol. The third-order valence-electron chi connectivity index (χ3n) is 4.27. The average Bonchev–Trinajstić information content (AvgIpc) is 2.61. The zero-order valence-corrected chi connectivity index (χ0v) is 15.1. The molecule has 0 fully saturated rings. The molecule has 6 nitrogen and oxygen atoms in total. The van der Waals surface area contributed by atoms with Crippen LogP contribution in [0.4, 0.5) is 0 Å². The van der Waals surface area contributed by atoms with Crippen LogP contribution >= 0.6 is 0 Å². The van der Waals surface area contributed by atoms with E-state index < -0.39 is 9.84 Å². The van der Waals surface area contributed by atoms with E-state index in [0.29, 0.717) is 35.5 Å². The van der Waals surface area contributed by atoms with E-state index in [2.05, 4.69) is 5.16 Å². The number of hydrogen-bond donors (Lipinski definition) is 1. The van der Waals surface area contributed by atoms with Crippen LogP contribution in [0.15, 0.2) is 47.6 Å². The molecule has 0 heterocycles. The monoisotopic (exact) mass is 373 g/mol. The smallest absolute Gasteiger partial charge is 0.210 e. The SMILES string of the molecule is CS(=O)(=O)Cc1c(OCc2ccccc2)ccc2c1CC/C(=N/O)C2=O. The molecular weight excluding hydrogens is 354 g/mol. The number of ether oxygens (including phenoxy) is 1. The number of benzene rings is 2. The molecule has 1 N–H and O–H groups in total. The van der Waals surface area contributed by atoms with E-state index in [-0.39, 0.29) is 23.7 Å². The van der Waals surface area contributed by atoms with Crippen molar-refractivity contribution in [2.75, 3.05) is 6.26 Å². The molecule has 1 aliphatic carbocycles. The van der Waals surface area contributed by atoms with Crippen molar-refractivity contribution in [3.8, 4) is 5.75 Å². The van der Waals surface area contributed by atoms with Gasteiger partial charge in [-0.3, -0.25) is 4.79 Å². The van der Waals surface area contributed by atoms with Gasteiger partial charge in [-0.15, -0.1) is 0 Å². The first kappa shape index (κ1) is 18.1. The molecule has 26 heavy (non-hydrogen) atoms. The van der Waals surface area contributed by atoms with Crippen LogP contribution in [0.25, 0.3) is 0 Å². The number of ketones is 1. The van der Waals surface area contributed by atoms with Crippen LogP contribution in [0.3, 0.4) is 0 Å². The summed E-state index contributed by atoms with van der Waals surface area (Å²) in [6, 6.07) is 12.8. The van der Waals surface area contributed by atoms with Gasteiger partial charge in [0, 0.05) is 23.8 Å². The second-order valence-electron chi connectivity index (χ2n) is 6.29. The molecule has 0 amide bonds. The number of carbonyl (C=O) groups excluding carboxylic acids is 1. The maximum Gasteiger partial charge on any atom is 0.210 e. The van der Waals surface area contributed by atoms with Gasteiger partial charge in [0.15, 0.2) is 9.84 Å². The Morgan fingerprint density at radius 2 is 1.85 bits per heavy atom. The van der Waals surface area contributed by atoms with E-state index >= 15 is 0 Å². The first-order valence-corrected chi connectivity index (χ1v) is 10.2. The van der Waals surface area contributed by atoms with E-state index in [1.54, 1.807) is 12.1 Å². The second-order valence-corrected chi connectivity index (χ2v) is 8.43. The van der Waals surface area contributed by atoms with Crippen LogP contribution in [0.1, 0.15) is 33.5 Å². The van der Waals surface area contributed by atoms with E-state index in [0.717, 1.165) is 11.8 Å². The molecule has 2 aromatic carbocycles. The van der Waals surface area contributed by atoms with Crippen LogP contribution in [0.5, 0.6) is 5.75 Å². The number of rotatable bonds is 5. The number of Topliss-reactive ketones (excluding diaryl/α,β-unsaturated/α-hetero) is 1. The summed E-state index contributed by atoms with van der Waals surface area (Å²) in [6.07, 6.45) is 1.84. The molecule has 7 heteroatoms. The van der Waals surface area contributed by atoms with Crippen molar-refractivity contribution in [3.63, 3.8) is 0 Å². The third kappa shape index (κ3) is 3.94. The number of hydrogen-bond acceptors (Lipinski definition) is 6. The van der Waals surface area contributed by atoms with Crippen molar-refractivity contribution >= 4 is 21.3 Å². The van der Waals surface area contributed by atoms with Crippen molar-refractivity contribution in [1.29, 1.82) is 0 Å². The van der Waals surface area contributed by atoms with Crippen molar-refractivity contribution in [2.45, 2.75) is 25.2 Å². The van der Waals surface area contributed by atoms with Crippen LogP contribution in [-0.2, 0) is 28.6 Å². The highest BCUT2D eigenvalue weighted by Gasteiger charge is 2.28. The molecule has 0 spiro atoms. The molecule has 0 unspecified atom stereocenters. The fraction of sp³-hybridized carbons (Fsp3) is 0.263. The van der Waals surface area contributed by atoms with Gasteiger partial charge in [-0.2, -0.15) is 0 Å². The molecule has 2 aromatic rings. The number of carbonyl (C=O) groups is 1. The minimum absolute atomic E-state index is 0.0840. The van der Waals surface area contributed by atoms with Gasteiger partial charge >= 0.3 is 0 Å². The fourth-order valence-corrected chi connectivity index (χ4v) is 3.91. The molecule has 0 saturated heterocycles. The van der Waals surface area contributed by atoms with Gasteiger partial charge in [-0.25, -0.2) is 8.42 Å². The molecule has 1 aliphatic rings. The van der Waals surface area contributed by atoms with Gasteiger partial charge in [0.1, 0.15) is 18.1 Å². The van der Waals surface area contributed by atoms with Crippen molar-refractivity contribution < 1.29 is 23.2 Å². The molecular formula is C19H19NO5S. The minimum atomic E-state index is -3.32. The first-order chi connectivity index (χ1) is 12.4. The molecule has 0 bridgehead atoms. The lowest BCUT2D eigenvalue weighted by Crippen LogP contribution is -2.24. The lowest BCUT2D eigenvalue weighted by atomic mass is 9.86. The summed E-state index contributed by atoms with van der Waals surface area (Å²) in [4.78, 5) is 12.4. The minimum Gasteiger partial charge on any atom is -0.489 e. The van der Waals surface area contributed by atoms with Crippen LogP contribution in [0, 0.1) is 0 Å². The Kier molecular flexibility index (Phi) is 5.08. The van der Waals surface area contributed by atoms with Gasteiger partial charge in [0.25, 0.3) is 0 Å². The Balaban J connectivity index is 2.00. The number of sulfone groups is 1. The topological polar surface area (TPSA) is 93.0 Å². The van der Waals surface area contributed by atoms with Crippen molar-refractivity contribution in [1.82, 2.24) is 0 Å². The first-order valence-electron chi connectivity index (χ1n) is 8.14. The summed E-state index contributed by atoms with van der Waals surface area (Å²) in [5, 5.41) is 12.0. The summed E-state index contributed by atoms with van der Waals surface area (Å²) in [5.74, 6) is -0.132. The molecule has 136 valence electrons. The number of nitrogens with zero attached hydrogens (tertiary/aromatic N) is 1. The van der Waals surface area contributed by atoms with Crippen LogP contribution in [0.2, 0.25) is 0 Å². The summed E-state index contributed by atoms with van der Waals surface area (Å²) in [5.41, 5.74) is 2.57. The van der Waals surface area contributed by atoms with Crippen molar-refractivity contribution in [3.05, 3.63) is 64.7 Å². The Labute approximate surface area is 152 Å². The molecule has 0 atom stereocenters. The van der Waals surface area contributed by atoms with Crippen molar-refractivity contribution in [2.24, 2.45) is 5.16 Å².